The van der Waals surface area contributed by atoms with Gasteiger partial charge in [-0.3, -0.25) is 0 Å². The second kappa shape index (κ2) is 7.50. The fourth-order valence-corrected chi connectivity index (χ4v) is 4.80. The third-order valence-corrected chi connectivity index (χ3v) is 6.69. The van der Waals surface area contributed by atoms with Crippen LogP contribution in [-0.4, -0.2) is 29.5 Å². The summed E-state index contributed by atoms with van der Waals surface area (Å²) in [6.07, 6.45) is 3.84. The molecule has 0 radical (unpaired) electrons. The number of hydrogen-bond acceptors (Lipinski definition) is 1. The highest BCUT2D eigenvalue weighted by atomic mass is 19.4. The second-order valence-corrected chi connectivity index (χ2v) is 8.42. The van der Waals surface area contributed by atoms with Crippen LogP contribution in [0.25, 0.3) is 10.9 Å². The average Bonchev–Trinajstić information content (AvgIpc) is 2.96. The van der Waals surface area contributed by atoms with Crippen molar-refractivity contribution in [2.24, 2.45) is 0 Å². The molecule has 0 saturated heterocycles. The minimum absolute atomic E-state index is 0.274. The summed E-state index contributed by atoms with van der Waals surface area (Å²) >= 11 is 0. The Balaban J connectivity index is 1.84. The standard InChI is InChI=1S/C22H31F3N2/c1-5-6-11-21(27(3)4)12-9-16(10-13-21)20-15(2)18-14-17(22(23,24)25)7-8-19(18)26-20/h7-8,14,16,26H,5-6,9-13H2,1-4H3/t16-,21-. The molecule has 0 aliphatic heterocycles. The average molecular weight is 380 g/mol. The molecule has 1 aromatic carbocycles. The van der Waals surface area contributed by atoms with Crippen LogP contribution in [-0.2, 0) is 6.18 Å². The van der Waals surface area contributed by atoms with Crippen LogP contribution >= 0.6 is 0 Å². The van der Waals surface area contributed by atoms with Crippen molar-refractivity contribution in [1.29, 1.82) is 0 Å². The molecule has 1 saturated carbocycles. The summed E-state index contributed by atoms with van der Waals surface area (Å²) in [5, 5.41) is 0.704. The van der Waals surface area contributed by atoms with Gasteiger partial charge in [0.05, 0.1) is 5.56 Å². The number of H-pyrrole nitrogens is 1. The van der Waals surface area contributed by atoms with Crippen LogP contribution in [0.3, 0.4) is 0 Å². The molecule has 2 nitrogen and oxygen atoms in total. The van der Waals surface area contributed by atoms with Gasteiger partial charge in [-0.25, -0.2) is 0 Å². The molecule has 150 valence electrons. The van der Waals surface area contributed by atoms with Crippen molar-refractivity contribution in [2.75, 3.05) is 14.1 Å². The fourth-order valence-electron chi connectivity index (χ4n) is 4.80. The first kappa shape index (κ1) is 20.2. The van der Waals surface area contributed by atoms with Crippen molar-refractivity contribution in [3.8, 4) is 0 Å². The SMILES string of the molecule is CCCC[C@]1(N(C)C)CC[C@H](c2[nH]c3ccc(C(F)(F)F)cc3c2C)CC1. The number of fused-ring (bicyclic) bond motifs is 1. The summed E-state index contributed by atoms with van der Waals surface area (Å²) in [5.74, 6) is 0.404. The first-order chi connectivity index (χ1) is 12.7. The maximum atomic E-state index is 13.1. The number of halogens is 3. The van der Waals surface area contributed by atoms with Gasteiger partial charge in [0, 0.05) is 22.1 Å². The minimum Gasteiger partial charge on any atom is -0.358 e. The number of aryl methyl sites for hydroxylation is 1. The number of alkyl halides is 3. The number of hydrogen-bond donors (Lipinski definition) is 1. The normalized spacial score (nSPS) is 24.1. The van der Waals surface area contributed by atoms with E-state index in [0.717, 1.165) is 42.5 Å². The smallest absolute Gasteiger partial charge is 0.358 e. The first-order valence-electron chi connectivity index (χ1n) is 10.0. The van der Waals surface area contributed by atoms with E-state index in [1.165, 1.54) is 31.4 Å². The van der Waals surface area contributed by atoms with E-state index in [2.05, 4.69) is 30.9 Å². The van der Waals surface area contributed by atoms with Gasteiger partial charge in [0.25, 0.3) is 0 Å². The number of benzene rings is 1. The van der Waals surface area contributed by atoms with Crippen LogP contribution in [0.4, 0.5) is 13.2 Å². The molecule has 3 rings (SSSR count). The van der Waals surface area contributed by atoms with E-state index in [1.807, 2.05) is 6.92 Å². The molecule has 0 spiro atoms. The Hall–Kier alpha value is -1.49. The van der Waals surface area contributed by atoms with E-state index >= 15 is 0 Å². The second-order valence-electron chi connectivity index (χ2n) is 8.42. The summed E-state index contributed by atoms with van der Waals surface area (Å²) in [5.41, 5.74) is 2.62. The van der Waals surface area contributed by atoms with Crippen LogP contribution in [0.1, 0.15) is 74.6 Å². The molecular weight excluding hydrogens is 349 g/mol. The Morgan fingerprint density at radius 1 is 1.19 bits per heavy atom. The molecule has 1 aliphatic carbocycles. The quantitative estimate of drug-likeness (QED) is 0.616. The number of nitrogens with zero attached hydrogens (tertiary/aromatic N) is 1. The predicted molar refractivity (Wildman–Crippen MR) is 105 cm³/mol. The fraction of sp³-hybridized carbons (Fsp3) is 0.636. The number of nitrogens with one attached hydrogen (secondary N) is 1. The summed E-state index contributed by atoms with van der Waals surface area (Å²) in [6.45, 7) is 4.19. The zero-order valence-electron chi connectivity index (χ0n) is 16.8. The first-order valence-corrected chi connectivity index (χ1v) is 10.0. The molecule has 0 unspecified atom stereocenters. The van der Waals surface area contributed by atoms with Gasteiger partial charge in [0.2, 0.25) is 0 Å². The lowest BCUT2D eigenvalue weighted by Gasteiger charge is -2.45. The van der Waals surface area contributed by atoms with Crippen molar-refractivity contribution in [3.05, 3.63) is 35.0 Å². The van der Waals surface area contributed by atoms with Crippen LogP contribution in [0, 0.1) is 6.92 Å². The molecule has 2 aromatic rings. The molecular formula is C22H31F3N2. The van der Waals surface area contributed by atoms with E-state index in [9.17, 15) is 13.2 Å². The maximum Gasteiger partial charge on any atom is 0.416 e. The Morgan fingerprint density at radius 2 is 1.85 bits per heavy atom. The lowest BCUT2D eigenvalue weighted by molar-refractivity contribution is -0.137. The van der Waals surface area contributed by atoms with E-state index in [1.54, 1.807) is 6.07 Å². The molecule has 1 aliphatic rings. The molecule has 5 heteroatoms. The molecule has 1 N–H and O–H groups in total. The third-order valence-electron chi connectivity index (χ3n) is 6.69. The van der Waals surface area contributed by atoms with Gasteiger partial charge in [0.1, 0.15) is 0 Å². The monoisotopic (exact) mass is 380 g/mol. The van der Waals surface area contributed by atoms with Gasteiger partial charge in [0.15, 0.2) is 0 Å². The zero-order chi connectivity index (χ0) is 19.8. The highest BCUT2D eigenvalue weighted by Gasteiger charge is 2.38. The van der Waals surface area contributed by atoms with Crippen molar-refractivity contribution in [3.63, 3.8) is 0 Å². The Bertz CT molecular complexity index is 781. The molecule has 1 fully saturated rings. The van der Waals surface area contributed by atoms with E-state index in [4.69, 9.17) is 0 Å². The highest BCUT2D eigenvalue weighted by molar-refractivity contribution is 5.85. The molecule has 1 heterocycles. The third kappa shape index (κ3) is 3.89. The minimum atomic E-state index is -4.30. The van der Waals surface area contributed by atoms with Gasteiger partial charge >= 0.3 is 6.18 Å². The highest BCUT2D eigenvalue weighted by Crippen LogP contribution is 2.44. The van der Waals surface area contributed by atoms with Gasteiger partial charge in [-0.2, -0.15) is 13.2 Å². The summed E-state index contributed by atoms with van der Waals surface area (Å²) < 4.78 is 39.2. The van der Waals surface area contributed by atoms with Crippen molar-refractivity contribution in [1.82, 2.24) is 9.88 Å². The van der Waals surface area contributed by atoms with Crippen molar-refractivity contribution >= 4 is 10.9 Å². The molecule has 0 bridgehead atoms. The topological polar surface area (TPSA) is 19.0 Å². The lowest BCUT2D eigenvalue weighted by Crippen LogP contribution is -2.46. The Kier molecular flexibility index (Phi) is 5.62. The number of unbranched alkanes of at least 4 members (excludes halogenated alkanes) is 1. The van der Waals surface area contributed by atoms with E-state index in [-0.39, 0.29) is 5.54 Å². The molecule has 27 heavy (non-hydrogen) atoms. The molecule has 0 amide bonds. The largest absolute Gasteiger partial charge is 0.416 e. The summed E-state index contributed by atoms with van der Waals surface area (Å²) in [7, 11) is 4.37. The number of rotatable bonds is 5. The van der Waals surface area contributed by atoms with Crippen LogP contribution in [0.15, 0.2) is 18.2 Å². The van der Waals surface area contributed by atoms with E-state index in [0.29, 0.717) is 11.3 Å². The number of aromatic amines is 1. The van der Waals surface area contributed by atoms with Crippen LogP contribution in [0.2, 0.25) is 0 Å². The summed E-state index contributed by atoms with van der Waals surface area (Å²) in [6, 6.07) is 4.03. The molecule has 1 aromatic heterocycles. The van der Waals surface area contributed by atoms with Crippen LogP contribution < -0.4 is 0 Å². The Labute approximate surface area is 160 Å². The van der Waals surface area contributed by atoms with Crippen molar-refractivity contribution in [2.45, 2.75) is 76.4 Å². The van der Waals surface area contributed by atoms with Crippen molar-refractivity contribution < 1.29 is 13.2 Å². The summed E-state index contributed by atoms with van der Waals surface area (Å²) in [4.78, 5) is 5.83. The van der Waals surface area contributed by atoms with Gasteiger partial charge in [-0.05, 0) is 82.8 Å². The molecule has 0 atom stereocenters. The Morgan fingerprint density at radius 3 is 2.41 bits per heavy atom. The lowest BCUT2D eigenvalue weighted by atomic mass is 9.72. The van der Waals surface area contributed by atoms with Crippen LogP contribution in [0.5, 0.6) is 0 Å². The number of aromatic nitrogens is 1. The zero-order valence-corrected chi connectivity index (χ0v) is 16.8. The van der Waals surface area contributed by atoms with E-state index < -0.39 is 11.7 Å². The van der Waals surface area contributed by atoms with Gasteiger partial charge in [-0.15, -0.1) is 0 Å². The van der Waals surface area contributed by atoms with Gasteiger partial charge in [-0.1, -0.05) is 19.8 Å². The predicted octanol–water partition coefficient (Wildman–Crippen LogP) is 6.64. The maximum absolute atomic E-state index is 13.1. The van der Waals surface area contributed by atoms with Gasteiger partial charge < -0.3 is 9.88 Å².